The van der Waals surface area contributed by atoms with E-state index in [1.807, 2.05) is 24.3 Å². The molecule has 2 amide bonds. The molecule has 2 aliphatic rings. The smallest absolute Gasteiger partial charge is 0.407 e. The van der Waals surface area contributed by atoms with Crippen molar-refractivity contribution in [1.29, 1.82) is 0 Å². The van der Waals surface area contributed by atoms with Crippen LogP contribution in [0.1, 0.15) is 49.1 Å². The molecule has 1 fully saturated rings. The Kier molecular flexibility index (Phi) is 6.96. The predicted octanol–water partition coefficient (Wildman–Crippen LogP) is 4.02. The molecule has 7 heteroatoms. The minimum absolute atomic E-state index is 0.0113. The van der Waals surface area contributed by atoms with Gasteiger partial charge in [0.25, 0.3) is 0 Å². The van der Waals surface area contributed by atoms with E-state index >= 15 is 0 Å². The van der Waals surface area contributed by atoms with Crippen LogP contribution < -0.4 is 5.32 Å². The molecule has 0 bridgehead atoms. The van der Waals surface area contributed by atoms with Gasteiger partial charge in [-0.3, -0.25) is 9.59 Å². The summed E-state index contributed by atoms with van der Waals surface area (Å²) in [5, 5.41) is 11.7. The second kappa shape index (κ2) is 10.1. The van der Waals surface area contributed by atoms with Crippen LogP contribution in [-0.2, 0) is 14.3 Å². The minimum atomic E-state index is -0.857. The zero-order valence-corrected chi connectivity index (χ0v) is 18.8. The summed E-state index contributed by atoms with van der Waals surface area (Å²) in [5.74, 6) is -0.986. The summed E-state index contributed by atoms with van der Waals surface area (Å²) in [6.45, 7) is 0.688. The summed E-state index contributed by atoms with van der Waals surface area (Å²) >= 11 is 0. The molecule has 2 aliphatic carbocycles. The average molecular weight is 451 g/mol. The van der Waals surface area contributed by atoms with E-state index in [0.717, 1.165) is 6.42 Å². The molecule has 1 saturated carbocycles. The molecule has 0 spiro atoms. The molecular weight excluding hydrogens is 420 g/mol. The third kappa shape index (κ3) is 5.18. The lowest BCUT2D eigenvalue weighted by Gasteiger charge is -2.21. The van der Waals surface area contributed by atoms with Crippen LogP contribution in [0.4, 0.5) is 4.79 Å². The number of amides is 2. The number of fused-ring (bicyclic) bond motifs is 3. The van der Waals surface area contributed by atoms with Gasteiger partial charge in [-0.2, -0.15) is 0 Å². The first kappa shape index (κ1) is 22.8. The molecular formula is C26H30N2O5. The van der Waals surface area contributed by atoms with Gasteiger partial charge in [-0.15, -0.1) is 0 Å². The zero-order chi connectivity index (χ0) is 23.4. The fourth-order valence-corrected chi connectivity index (χ4v) is 5.03. The highest BCUT2D eigenvalue weighted by atomic mass is 16.5. The van der Waals surface area contributed by atoms with Gasteiger partial charge in [0.15, 0.2) is 0 Å². The normalized spacial score (nSPS) is 18.9. The molecule has 2 aromatic rings. The van der Waals surface area contributed by atoms with Gasteiger partial charge < -0.3 is 20.1 Å². The second-order valence-corrected chi connectivity index (χ2v) is 8.93. The first-order valence-corrected chi connectivity index (χ1v) is 11.5. The van der Waals surface area contributed by atoms with Crippen LogP contribution in [0, 0.1) is 5.92 Å². The molecule has 33 heavy (non-hydrogen) atoms. The Morgan fingerprint density at radius 3 is 2.30 bits per heavy atom. The molecule has 2 aromatic carbocycles. The maximum atomic E-state index is 12.6. The molecule has 0 unspecified atom stereocenters. The number of hydrogen-bond donors (Lipinski definition) is 2. The number of aliphatic carboxylic acids is 1. The summed E-state index contributed by atoms with van der Waals surface area (Å²) in [6.07, 6.45) is 2.04. The van der Waals surface area contributed by atoms with Crippen LogP contribution in [0.2, 0.25) is 0 Å². The van der Waals surface area contributed by atoms with E-state index in [2.05, 4.69) is 29.6 Å². The van der Waals surface area contributed by atoms with Crippen molar-refractivity contribution in [2.24, 2.45) is 5.92 Å². The second-order valence-electron chi connectivity index (χ2n) is 8.93. The van der Waals surface area contributed by atoms with Crippen LogP contribution in [-0.4, -0.2) is 54.2 Å². The molecule has 7 nitrogen and oxygen atoms in total. The third-order valence-corrected chi connectivity index (χ3v) is 6.71. The van der Waals surface area contributed by atoms with Crippen molar-refractivity contribution >= 4 is 18.0 Å². The number of carbonyl (C=O) groups excluding carboxylic acids is 2. The Hall–Kier alpha value is -3.35. The number of ether oxygens (including phenoxy) is 1. The minimum Gasteiger partial charge on any atom is -0.481 e. The summed E-state index contributed by atoms with van der Waals surface area (Å²) in [7, 11) is 1.70. The Balaban J connectivity index is 1.27. The van der Waals surface area contributed by atoms with E-state index in [1.54, 1.807) is 11.9 Å². The van der Waals surface area contributed by atoms with Crippen LogP contribution in [0.15, 0.2) is 48.5 Å². The largest absolute Gasteiger partial charge is 0.481 e. The van der Waals surface area contributed by atoms with Crippen LogP contribution >= 0.6 is 0 Å². The van der Waals surface area contributed by atoms with Crippen LogP contribution in [0.25, 0.3) is 11.1 Å². The van der Waals surface area contributed by atoms with Crippen LogP contribution in [0.3, 0.4) is 0 Å². The van der Waals surface area contributed by atoms with E-state index in [-0.39, 0.29) is 36.8 Å². The highest BCUT2D eigenvalue weighted by Crippen LogP contribution is 2.44. The summed E-state index contributed by atoms with van der Waals surface area (Å²) < 4.78 is 5.62. The van der Waals surface area contributed by atoms with Crippen molar-refractivity contribution in [2.75, 3.05) is 20.2 Å². The number of rotatable bonds is 8. The Morgan fingerprint density at radius 1 is 1.03 bits per heavy atom. The quantitative estimate of drug-likeness (QED) is 0.633. The number of alkyl carbamates (subject to hydrolysis) is 1. The van der Waals surface area contributed by atoms with Crippen molar-refractivity contribution in [3.63, 3.8) is 0 Å². The van der Waals surface area contributed by atoms with Gasteiger partial charge in [-0.1, -0.05) is 48.5 Å². The number of carboxylic acids is 1. The van der Waals surface area contributed by atoms with E-state index in [1.165, 1.54) is 22.3 Å². The number of carbonyl (C=O) groups is 3. The van der Waals surface area contributed by atoms with Gasteiger partial charge in [0.1, 0.15) is 6.61 Å². The lowest BCUT2D eigenvalue weighted by molar-refractivity contribution is -0.138. The molecule has 0 aliphatic heterocycles. The van der Waals surface area contributed by atoms with E-state index in [9.17, 15) is 14.4 Å². The molecule has 2 atom stereocenters. The van der Waals surface area contributed by atoms with Crippen molar-refractivity contribution in [3.8, 4) is 11.1 Å². The first-order valence-electron chi connectivity index (χ1n) is 11.5. The molecule has 174 valence electrons. The average Bonchev–Trinajstić information content (AvgIpc) is 3.39. The highest BCUT2D eigenvalue weighted by Gasteiger charge is 2.33. The van der Waals surface area contributed by atoms with E-state index in [0.29, 0.717) is 25.8 Å². The highest BCUT2D eigenvalue weighted by molar-refractivity contribution is 5.80. The van der Waals surface area contributed by atoms with Crippen molar-refractivity contribution in [3.05, 3.63) is 59.7 Å². The van der Waals surface area contributed by atoms with Crippen LogP contribution in [0.5, 0.6) is 0 Å². The zero-order valence-electron chi connectivity index (χ0n) is 18.8. The van der Waals surface area contributed by atoms with Gasteiger partial charge in [-0.05, 0) is 47.9 Å². The van der Waals surface area contributed by atoms with E-state index in [4.69, 9.17) is 9.84 Å². The Bertz CT molecular complexity index is 991. The Morgan fingerprint density at radius 2 is 1.67 bits per heavy atom. The number of nitrogens with one attached hydrogen (secondary N) is 1. The van der Waals surface area contributed by atoms with Gasteiger partial charge >= 0.3 is 12.1 Å². The monoisotopic (exact) mass is 450 g/mol. The van der Waals surface area contributed by atoms with Crippen molar-refractivity contribution in [1.82, 2.24) is 10.2 Å². The summed E-state index contributed by atoms with van der Waals surface area (Å²) in [5.41, 5.74) is 4.71. The van der Waals surface area contributed by atoms with E-state index < -0.39 is 12.1 Å². The SMILES string of the molecule is CN(CCCC(=O)O)C(=O)[C@@H]1CC[C@H](NC(=O)OCC2c3ccccc3-c3ccccc32)C1. The van der Waals surface area contributed by atoms with Crippen molar-refractivity contribution < 1.29 is 24.2 Å². The summed E-state index contributed by atoms with van der Waals surface area (Å²) in [6, 6.07) is 16.3. The van der Waals surface area contributed by atoms with Gasteiger partial charge in [0.05, 0.1) is 0 Å². The topological polar surface area (TPSA) is 95.9 Å². The molecule has 0 radical (unpaired) electrons. The van der Waals surface area contributed by atoms with Crippen molar-refractivity contribution in [2.45, 2.75) is 44.1 Å². The molecule has 0 aromatic heterocycles. The lowest BCUT2D eigenvalue weighted by Crippen LogP contribution is -2.36. The maximum absolute atomic E-state index is 12.6. The molecule has 0 heterocycles. The standard InChI is InChI=1S/C26H30N2O5/c1-28(14-6-11-24(29)30)25(31)17-12-13-18(15-17)27-26(32)33-16-23-21-9-4-2-7-19(21)20-8-3-5-10-22(20)23/h2-5,7-10,17-18,23H,6,11-16H2,1H3,(H,27,32)(H,29,30)/t17-,18+/m1/s1. The number of nitrogens with zero attached hydrogens (tertiary/aromatic N) is 1. The number of hydrogen-bond acceptors (Lipinski definition) is 4. The summed E-state index contributed by atoms with van der Waals surface area (Å²) in [4.78, 5) is 37.4. The fourth-order valence-electron chi connectivity index (χ4n) is 5.03. The predicted molar refractivity (Wildman–Crippen MR) is 124 cm³/mol. The van der Waals surface area contributed by atoms with Gasteiger partial charge in [0, 0.05) is 37.9 Å². The lowest BCUT2D eigenvalue weighted by atomic mass is 9.98. The van der Waals surface area contributed by atoms with Gasteiger partial charge in [-0.25, -0.2) is 4.79 Å². The number of carboxylic acid groups (broad SMARTS) is 1. The Labute approximate surface area is 193 Å². The molecule has 4 rings (SSSR count). The number of benzene rings is 2. The third-order valence-electron chi connectivity index (χ3n) is 6.71. The van der Waals surface area contributed by atoms with Gasteiger partial charge in [0.2, 0.25) is 5.91 Å². The molecule has 2 N–H and O–H groups in total. The first-order chi connectivity index (χ1) is 15.9. The molecule has 0 saturated heterocycles. The fraction of sp³-hybridized carbons (Fsp3) is 0.423. The maximum Gasteiger partial charge on any atom is 0.407 e.